The summed E-state index contributed by atoms with van der Waals surface area (Å²) in [6, 6.07) is 11.5. The Hall–Kier alpha value is -2.54. The molecule has 0 radical (unpaired) electrons. The molecular weight excluding hydrogens is 345 g/mol. The van der Waals surface area contributed by atoms with Crippen LogP contribution in [0.1, 0.15) is 24.0 Å². The Morgan fingerprint density at radius 1 is 1.15 bits per heavy atom. The number of ether oxygens (including phenoxy) is 1. The molecule has 1 fully saturated rings. The van der Waals surface area contributed by atoms with Crippen LogP contribution in [0.5, 0.6) is 11.5 Å². The van der Waals surface area contributed by atoms with Crippen molar-refractivity contribution in [1.29, 1.82) is 0 Å². The van der Waals surface area contributed by atoms with Crippen LogP contribution < -0.4 is 15.4 Å². The van der Waals surface area contributed by atoms with Crippen LogP contribution in [-0.4, -0.2) is 18.5 Å². The second-order valence-corrected chi connectivity index (χ2v) is 6.14. The molecule has 2 aromatic carbocycles. The van der Waals surface area contributed by atoms with E-state index in [-0.39, 0.29) is 11.9 Å². The molecule has 3 rings (SSSR count). The lowest BCUT2D eigenvalue weighted by Gasteiger charge is -2.12. The minimum absolute atomic E-state index is 0.0310. The number of hydrogen-bond donors (Lipinski definition) is 2. The number of alkyl halides is 3. The quantitative estimate of drug-likeness (QED) is 0.847. The molecule has 1 saturated heterocycles. The van der Waals surface area contributed by atoms with Crippen molar-refractivity contribution in [2.75, 3.05) is 6.54 Å². The Kier molecular flexibility index (Phi) is 5.46. The van der Waals surface area contributed by atoms with E-state index in [2.05, 4.69) is 10.6 Å². The van der Waals surface area contributed by atoms with Crippen molar-refractivity contribution in [3.63, 3.8) is 0 Å². The van der Waals surface area contributed by atoms with Crippen LogP contribution in [-0.2, 0) is 17.5 Å². The van der Waals surface area contributed by atoms with E-state index in [0.717, 1.165) is 37.1 Å². The first-order valence-electron chi connectivity index (χ1n) is 8.37. The van der Waals surface area contributed by atoms with Crippen LogP contribution in [0, 0.1) is 0 Å². The number of carbonyl (C=O) groups excluding carboxylic acids is 1. The van der Waals surface area contributed by atoms with Crippen molar-refractivity contribution in [1.82, 2.24) is 10.6 Å². The van der Waals surface area contributed by atoms with Crippen LogP contribution in [0.15, 0.2) is 48.5 Å². The highest BCUT2D eigenvalue weighted by Crippen LogP contribution is 2.31. The molecule has 7 heteroatoms. The molecule has 4 nitrogen and oxygen atoms in total. The van der Waals surface area contributed by atoms with Gasteiger partial charge in [-0.2, -0.15) is 13.2 Å². The van der Waals surface area contributed by atoms with Gasteiger partial charge < -0.3 is 15.4 Å². The van der Waals surface area contributed by atoms with E-state index < -0.39 is 11.7 Å². The van der Waals surface area contributed by atoms with Crippen molar-refractivity contribution < 1.29 is 22.7 Å². The predicted molar refractivity (Wildman–Crippen MR) is 90.8 cm³/mol. The summed E-state index contributed by atoms with van der Waals surface area (Å²) in [5.74, 6) is 0.779. The van der Waals surface area contributed by atoms with E-state index in [1.54, 1.807) is 18.2 Å². The Bertz CT molecular complexity index is 754. The summed E-state index contributed by atoms with van der Waals surface area (Å²) < 4.78 is 43.3. The smallest absolute Gasteiger partial charge is 0.416 e. The fourth-order valence-electron chi connectivity index (χ4n) is 2.79. The van der Waals surface area contributed by atoms with Crippen molar-refractivity contribution in [3.8, 4) is 11.5 Å². The maximum atomic E-state index is 12.6. The van der Waals surface area contributed by atoms with Gasteiger partial charge in [0.2, 0.25) is 5.91 Å². The third-order valence-electron chi connectivity index (χ3n) is 4.16. The van der Waals surface area contributed by atoms with Crippen LogP contribution >= 0.6 is 0 Å². The lowest BCUT2D eigenvalue weighted by atomic mass is 10.2. The standard InChI is InChI=1S/C19H19F3N2O2/c20-19(21,22)14-6-8-15(9-7-14)26-16-4-1-3-13(11-16)12-24-18(25)17-5-2-10-23-17/h1,3-4,6-9,11,17,23H,2,5,10,12H2,(H,24,25). The van der Waals surface area contributed by atoms with Crippen molar-refractivity contribution in [2.24, 2.45) is 0 Å². The molecule has 0 spiro atoms. The first-order valence-corrected chi connectivity index (χ1v) is 8.37. The normalized spacial score (nSPS) is 17.1. The fourth-order valence-corrected chi connectivity index (χ4v) is 2.79. The molecule has 26 heavy (non-hydrogen) atoms. The molecule has 1 heterocycles. The van der Waals surface area contributed by atoms with E-state index in [9.17, 15) is 18.0 Å². The SMILES string of the molecule is O=C(NCc1cccc(Oc2ccc(C(F)(F)F)cc2)c1)C1CCCN1. The first-order chi connectivity index (χ1) is 12.4. The van der Waals surface area contributed by atoms with Gasteiger partial charge in [-0.25, -0.2) is 0 Å². The van der Waals surface area contributed by atoms with E-state index >= 15 is 0 Å². The van der Waals surface area contributed by atoms with E-state index in [4.69, 9.17) is 4.74 Å². The summed E-state index contributed by atoms with van der Waals surface area (Å²) in [4.78, 5) is 12.0. The Balaban J connectivity index is 1.59. The molecular formula is C19H19F3N2O2. The van der Waals surface area contributed by atoms with Gasteiger partial charge in [0, 0.05) is 6.54 Å². The zero-order chi connectivity index (χ0) is 18.6. The van der Waals surface area contributed by atoms with Crippen LogP contribution in [0.4, 0.5) is 13.2 Å². The molecule has 1 amide bonds. The molecule has 0 aromatic heterocycles. The Morgan fingerprint density at radius 2 is 1.92 bits per heavy atom. The summed E-state index contributed by atoms with van der Waals surface area (Å²) in [6.45, 7) is 1.22. The Labute approximate surface area is 149 Å². The largest absolute Gasteiger partial charge is 0.457 e. The second kappa shape index (κ2) is 7.78. The van der Waals surface area contributed by atoms with Gasteiger partial charge in [0.05, 0.1) is 11.6 Å². The monoisotopic (exact) mass is 364 g/mol. The van der Waals surface area contributed by atoms with Crippen LogP contribution in [0.25, 0.3) is 0 Å². The molecule has 0 bridgehead atoms. The lowest BCUT2D eigenvalue weighted by molar-refractivity contribution is -0.137. The molecule has 1 aliphatic heterocycles. The van der Waals surface area contributed by atoms with E-state index in [1.807, 2.05) is 6.07 Å². The number of amides is 1. The number of nitrogens with one attached hydrogen (secondary N) is 2. The molecule has 1 aliphatic rings. The topological polar surface area (TPSA) is 50.4 Å². The second-order valence-electron chi connectivity index (χ2n) is 6.14. The molecule has 1 atom stereocenters. The van der Waals surface area contributed by atoms with Crippen molar-refractivity contribution in [3.05, 3.63) is 59.7 Å². The average molecular weight is 364 g/mol. The third-order valence-corrected chi connectivity index (χ3v) is 4.16. The van der Waals surface area contributed by atoms with Gasteiger partial charge in [-0.1, -0.05) is 12.1 Å². The summed E-state index contributed by atoms with van der Waals surface area (Å²) in [5, 5.41) is 6.01. The maximum absolute atomic E-state index is 12.6. The van der Waals surface area contributed by atoms with Gasteiger partial charge >= 0.3 is 6.18 Å². The summed E-state index contributed by atoms with van der Waals surface area (Å²) in [7, 11) is 0. The van der Waals surface area contributed by atoms with Gasteiger partial charge in [-0.15, -0.1) is 0 Å². The number of rotatable bonds is 5. The molecule has 2 N–H and O–H groups in total. The predicted octanol–water partition coefficient (Wildman–Crippen LogP) is 3.87. The molecule has 0 aliphatic carbocycles. The number of benzene rings is 2. The van der Waals surface area contributed by atoms with Crippen LogP contribution in [0.2, 0.25) is 0 Å². The van der Waals surface area contributed by atoms with Crippen molar-refractivity contribution in [2.45, 2.75) is 31.6 Å². The van der Waals surface area contributed by atoms with Gasteiger partial charge in [-0.05, 0) is 61.3 Å². The lowest BCUT2D eigenvalue weighted by Crippen LogP contribution is -2.39. The van der Waals surface area contributed by atoms with Gasteiger partial charge in [-0.3, -0.25) is 4.79 Å². The zero-order valence-electron chi connectivity index (χ0n) is 14.0. The minimum atomic E-state index is -4.37. The summed E-state index contributed by atoms with van der Waals surface area (Å²) in [6.07, 6.45) is -2.54. The maximum Gasteiger partial charge on any atom is 0.416 e. The number of hydrogen-bond acceptors (Lipinski definition) is 3. The summed E-state index contributed by atoms with van der Waals surface area (Å²) >= 11 is 0. The molecule has 1 unspecified atom stereocenters. The van der Waals surface area contributed by atoms with Crippen LogP contribution in [0.3, 0.4) is 0 Å². The Morgan fingerprint density at radius 3 is 2.58 bits per heavy atom. The van der Waals surface area contributed by atoms with Gasteiger partial charge in [0.25, 0.3) is 0 Å². The average Bonchev–Trinajstić information content (AvgIpc) is 3.14. The minimum Gasteiger partial charge on any atom is -0.457 e. The van der Waals surface area contributed by atoms with E-state index in [1.165, 1.54) is 12.1 Å². The van der Waals surface area contributed by atoms with E-state index in [0.29, 0.717) is 18.0 Å². The zero-order valence-corrected chi connectivity index (χ0v) is 14.0. The molecule has 138 valence electrons. The van der Waals surface area contributed by atoms with Crippen molar-refractivity contribution >= 4 is 5.91 Å². The van der Waals surface area contributed by atoms with Gasteiger partial charge in [0.15, 0.2) is 0 Å². The third kappa shape index (κ3) is 4.76. The fraction of sp³-hybridized carbons (Fsp3) is 0.316. The number of carbonyl (C=O) groups is 1. The highest BCUT2D eigenvalue weighted by molar-refractivity contribution is 5.81. The highest BCUT2D eigenvalue weighted by Gasteiger charge is 2.30. The molecule has 0 saturated carbocycles. The highest BCUT2D eigenvalue weighted by atomic mass is 19.4. The molecule has 2 aromatic rings. The summed E-state index contributed by atoms with van der Waals surface area (Å²) in [5.41, 5.74) is 0.127. The van der Waals surface area contributed by atoms with Gasteiger partial charge in [0.1, 0.15) is 11.5 Å². The number of halogens is 3. The first kappa shape index (κ1) is 18.3.